The monoisotopic (exact) mass is 231 g/mol. The van der Waals surface area contributed by atoms with E-state index < -0.39 is 6.04 Å². The van der Waals surface area contributed by atoms with E-state index in [0.29, 0.717) is 5.56 Å². The molecule has 3 nitrogen and oxygen atoms in total. The van der Waals surface area contributed by atoms with Crippen molar-refractivity contribution < 1.29 is 4.39 Å². The molecule has 0 radical (unpaired) electrons. The first-order valence-corrected chi connectivity index (χ1v) is 5.51. The van der Waals surface area contributed by atoms with Crippen molar-refractivity contribution in [3.63, 3.8) is 0 Å². The zero-order chi connectivity index (χ0) is 12.3. The lowest BCUT2D eigenvalue weighted by atomic mass is 9.96. The van der Waals surface area contributed by atoms with Crippen LogP contribution in [0.1, 0.15) is 29.7 Å². The lowest BCUT2D eigenvalue weighted by Crippen LogP contribution is -2.15. The predicted octanol–water partition coefficient (Wildman–Crippen LogP) is 2.23. The van der Waals surface area contributed by atoms with E-state index in [9.17, 15) is 4.39 Å². The first-order chi connectivity index (χ1) is 8.24. The summed E-state index contributed by atoms with van der Waals surface area (Å²) in [5.41, 5.74) is 8.51. The van der Waals surface area contributed by atoms with Gasteiger partial charge in [-0.25, -0.2) is 4.39 Å². The molecule has 1 unspecified atom stereocenters. The average molecular weight is 231 g/mol. The molecule has 0 spiro atoms. The topological polar surface area (TPSA) is 51.8 Å². The first kappa shape index (κ1) is 11.7. The van der Waals surface area contributed by atoms with Gasteiger partial charge in [-0.2, -0.15) is 0 Å². The Hall–Kier alpha value is -1.81. The third-order valence-electron chi connectivity index (χ3n) is 2.80. The molecule has 0 aliphatic carbocycles. The van der Waals surface area contributed by atoms with Gasteiger partial charge >= 0.3 is 0 Å². The zero-order valence-electron chi connectivity index (χ0n) is 9.60. The second-order valence-corrected chi connectivity index (χ2v) is 3.80. The summed E-state index contributed by atoms with van der Waals surface area (Å²) in [6.45, 7) is 2.02. The van der Waals surface area contributed by atoms with Gasteiger partial charge in [0, 0.05) is 24.2 Å². The third kappa shape index (κ3) is 2.31. The molecule has 2 aromatic rings. The Bertz CT molecular complexity index is 514. The van der Waals surface area contributed by atoms with Crippen LogP contribution in [-0.4, -0.2) is 9.97 Å². The van der Waals surface area contributed by atoms with E-state index in [2.05, 4.69) is 9.97 Å². The van der Waals surface area contributed by atoms with Gasteiger partial charge in [-0.3, -0.25) is 9.97 Å². The van der Waals surface area contributed by atoms with Crippen molar-refractivity contribution in [1.82, 2.24) is 9.97 Å². The standard InChI is InChI=1S/C13H14FN3/c1-2-9-7-16-5-3-10(9)13(15)11-4-6-17-8-12(11)14/h3-8,13H,2,15H2,1H3. The molecule has 88 valence electrons. The highest BCUT2D eigenvalue weighted by Crippen LogP contribution is 2.24. The van der Waals surface area contributed by atoms with Crippen LogP contribution in [-0.2, 0) is 6.42 Å². The lowest BCUT2D eigenvalue weighted by Gasteiger charge is -2.16. The number of halogens is 1. The van der Waals surface area contributed by atoms with Crippen LogP contribution in [0.15, 0.2) is 36.9 Å². The summed E-state index contributed by atoms with van der Waals surface area (Å²) in [6.07, 6.45) is 7.00. The predicted molar refractivity (Wildman–Crippen MR) is 63.8 cm³/mol. The number of aromatic nitrogens is 2. The fourth-order valence-electron chi connectivity index (χ4n) is 1.84. The van der Waals surface area contributed by atoms with E-state index in [-0.39, 0.29) is 5.82 Å². The van der Waals surface area contributed by atoms with Crippen LogP contribution >= 0.6 is 0 Å². The van der Waals surface area contributed by atoms with Crippen molar-refractivity contribution in [2.45, 2.75) is 19.4 Å². The van der Waals surface area contributed by atoms with Gasteiger partial charge in [0.05, 0.1) is 12.2 Å². The second kappa shape index (κ2) is 5.01. The molecule has 0 fully saturated rings. The summed E-state index contributed by atoms with van der Waals surface area (Å²) >= 11 is 0. The summed E-state index contributed by atoms with van der Waals surface area (Å²) in [6, 6.07) is 2.97. The Morgan fingerprint density at radius 2 is 1.82 bits per heavy atom. The fraction of sp³-hybridized carbons (Fsp3) is 0.231. The molecule has 0 aliphatic rings. The minimum Gasteiger partial charge on any atom is -0.320 e. The summed E-state index contributed by atoms with van der Waals surface area (Å²) in [5, 5.41) is 0. The SMILES string of the molecule is CCc1cnccc1C(N)c1ccncc1F. The molecule has 0 aliphatic heterocycles. The number of hydrogen-bond acceptors (Lipinski definition) is 3. The minimum absolute atomic E-state index is 0.376. The molecule has 2 heterocycles. The van der Waals surface area contributed by atoms with E-state index >= 15 is 0 Å². The molecule has 0 saturated heterocycles. The van der Waals surface area contributed by atoms with Crippen molar-refractivity contribution in [3.8, 4) is 0 Å². The molecule has 0 aromatic carbocycles. The molecular formula is C13H14FN3. The molecule has 2 N–H and O–H groups in total. The molecule has 4 heteroatoms. The van der Waals surface area contributed by atoms with E-state index in [4.69, 9.17) is 5.73 Å². The van der Waals surface area contributed by atoms with Crippen molar-refractivity contribution in [2.75, 3.05) is 0 Å². The Labute approximate surface area is 99.5 Å². The second-order valence-electron chi connectivity index (χ2n) is 3.80. The Kier molecular flexibility index (Phi) is 3.44. The van der Waals surface area contributed by atoms with Crippen molar-refractivity contribution in [2.24, 2.45) is 5.73 Å². The highest BCUT2D eigenvalue weighted by Gasteiger charge is 2.15. The lowest BCUT2D eigenvalue weighted by molar-refractivity contribution is 0.592. The molecule has 17 heavy (non-hydrogen) atoms. The Morgan fingerprint density at radius 3 is 2.47 bits per heavy atom. The smallest absolute Gasteiger partial charge is 0.146 e. The first-order valence-electron chi connectivity index (χ1n) is 5.51. The van der Waals surface area contributed by atoms with Crippen LogP contribution in [0.3, 0.4) is 0 Å². The van der Waals surface area contributed by atoms with Gasteiger partial charge in [-0.05, 0) is 29.7 Å². The van der Waals surface area contributed by atoms with Crippen LogP contribution in [0.2, 0.25) is 0 Å². The number of hydrogen-bond donors (Lipinski definition) is 1. The maximum Gasteiger partial charge on any atom is 0.146 e. The van der Waals surface area contributed by atoms with Crippen LogP contribution in [0.25, 0.3) is 0 Å². The molecule has 1 atom stereocenters. The summed E-state index contributed by atoms with van der Waals surface area (Å²) < 4.78 is 13.6. The summed E-state index contributed by atoms with van der Waals surface area (Å²) in [5.74, 6) is -0.376. The van der Waals surface area contributed by atoms with Gasteiger partial charge < -0.3 is 5.73 Å². The number of rotatable bonds is 3. The number of aryl methyl sites for hydroxylation is 1. The van der Waals surface area contributed by atoms with Crippen LogP contribution in [0.5, 0.6) is 0 Å². The number of pyridine rings is 2. The Morgan fingerprint density at radius 1 is 1.18 bits per heavy atom. The molecule has 0 bridgehead atoms. The highest BCUT2D eigenvalue weighted by atomic mass is 19.1. The highest BCUT2D eigenvalue weighted by molar-refractivity contribution is 5.35. The number of nitrogens with zero attached hydrogens (tertiary/aromatic N) is 2. The maximum absolute atomic E-state index is 13.6. The maximum atomic E-state index is 13.6. The van der Waals surface area contributed by atoms with E-state index in [1.807, 2.05) is 13.0 Å². The Balaban J connectivity index is 2.44. The average Bonchev–Trinajstić information content (AvgIpc) is 2.38. The molecular weight excluding hydrogens is 217 g/mol. The van der Waals surface area contributed by atoms with Crippen LogP contribution in [0, 0.1) is 5.82 Å². The van der Waals surface area contributed by atoms with Crippen molar-refractivity contribution in [3.05, 3.63) is 59.4 Å². The fourth-order valence-corrected chi connectivity index (χ4v) is 1.84. The largest absolute Gasteiger partial charge is 0.320 e. The summed E-state index contributed by atoms with van der Waals surface area (Å²) in [4.78, 5) is 7.77. The summed E-state index contributed by atoms with van der Waals surface area (Å²) in [7, 11) is 0. The minimum atomic E-state index is -0.476. The van der Waals surface area contributed by atoms with Gasteiger partial charge in [-0.15, -0.1) is 0 Å². The molecule has 2 rings (SSSR count). The van der Waals surface area contributed by atoms with Crippen LogP contribution in [0.4, 0.5) is 4.39 Å². The van der Waals surface area contributed by atoms with Crippen molar-refractivity contribution in [1.29, 1.82) is 0 Å². The molecule has 0 saturated carbocycles. The molecule has 0 amide bonds. The third-order valence-corrected chi connectivity index (χ3v) is 2.80. The van der Waals surface area contributed by atoms with Gasteiger partial charge in [0.2, 0.25) is 0 Å². The van der Waals surface area contributed by atoms with E-state index in [1.54, 1.807) is 24.7 Å². The van der Waals surface area contributed by atoms with Gasteiger partial charge in [0.15, 0.2) is 0 Å². The number of nitrogens with two attached hydrogens (primary N) is 1. The quantitative estimate of drug-likeness (QED) is 0.881. The van der Waals surface area contributed by atoms with Gasteiger partial charge in [0.1, 0.15) is 5.82 Å². The molecule has 2 aromatic heterocycles. The zero-order valence-corrected chi connectivity index (χ0v) is 9.60. The van der Waals surface area contributed by atoms with Gasteiger partial charge in [0.25, 0.3) is 0 Å². The normalized spacial score (nSPS) is 12.4. The van der Waals surface area contributed by atoms with Crippen LogP contribution < -0.4 is 5.73 Å². The van der Waals surface area contributed by atoms with Crippen molar-refractivity contribution >= 4 is 0 Å². The van der Waals surface area contributed by atoms with E-state index in [1.165, 1.54) is 6.20 Å². The van der Waals surface area contributed by atoms with Gasteiger partial charge in [-0.1, -0.05) is 6.92 Å². The van der Waals surface area contributed by atoms with E-state index in [0.717, 1.165) is 17.5 Å².